The predicted molar refractivity (Wildman–Crippen MR) is 109 cm³/mol. The predicted octanol–water partition coefficient (Wildman–Crippen LogP) is -0.508. The molecule has 2 aromatic rings. The second-order valence-corrected chi connectivity index (χ2v) is 7.82. The minimum absolute atomic E-state index is 0.807. The molecule has 1 aliphatic heterocycles. The van der Waals surface area contributed by atoms with E-state index in [9.17, 15) is 0 Å². The molecule has 1 heterocycles. The van der Waals surface area contributed by atoms with Gasteiger partial charge in [0, 0.05) is 34.6 Å². The van der Waals surface area contributed by atoms with Crippen molar-refractivity contribution in [2.45, 2.75) is 20.8 Å². The lowest BCUT2D eigenvalue weighted by Gasteiger charge is -2.17. The highest BCUT2D eigenvalue weighted by atomic mass is 35.7. The van der Waals surface area contributed by atoms with E-state index >= 15 is 0 Å². The number of fused-ring (bicyclic) bond motifs is 4. The zero-order valence-electron chi connectivity index (χ0n) is 17.8. The first kappa shape index (κ1) is 22.9. The van der Waals surface area contributed by atoms with E-state index in [0.29, 0.717) is 0 Å². The Balaban J connectivity index is 0.000000491. The van der Waals surface area contributed by atoms with Crippen LogP contribution in [0, 0.1) is 17.2 Å². The van der Waals surface area contributed by atoms with Crippen LogP contribution in [0.5, 0.6) is 0 Å². The Hall–Kier alpha value is -2.75. The van der Waals surface area contributed by atoms with Gasteiger partial charge in [-0.3, -0.25) is 0 Å². The molecule has 0 amide bonds. The van der Waals surface area contributed by atoms with Crippen molar-refractivity contribution < 1.29 is 33.3 Å². The first-order chi connectivity index (χ1) is 14.6. The summed E-state index contributed by atoms with van der Waals surface area (Å²) in [6.07, 6.45) is 0. The third-order valence-electron chi connectivity index (χ3n) is 4.96. The second-order valence-electron chi connectivity index (χ2n) is 7.06. The van der Waals surface area contributed by atoms with Gasteiger partial charge < -0.3 is 9.73 Å². The molecule has 1 aliphatic carbocycles. The van der Waals surface area contributed by atoms with E-state index < -0.39 is 10.2 Å². The van der Waals surface area contributed by atoms with Gasteiger partial charge in [-0.1, -0.05) is 24.3 Å². The summed E-state index contributed by atoms with van der Waals surface area (Å²) < 4.78 is 42.5. The van der Waals surface area contributed by atoms with Crippen LogP contribution in [0.15, 0.2) is 46.9 Å². The highest BCUT2D eigenvalue weighted by Crippen LogP contribution is 2.34. The van der Waals surface area contributed by atoms with Gasteiger partial charge in [-0.15, -0.1) is 10.2 Å². The number of aryl methyl sites for hydroxylation is 1. The first-order valence-corrected chi connectivity index (χ1v) is 11.0. The fourth-order valence-corrected chi connectivity index (χ4v) is 3.52. The van der Waals surface area contributed by atoms with E-state index in [4.69, 9.17) is 28.0 Å². The van der Waals surface area contributed by atoms with Crippen LogP contribution >= 0.6 is 0 Å². The second kappa shape index (κ2) is 9.17. The van der Waals surface area contributed by atoms with E-state index in [2.05, 4.69) is 74.1 Å². The van der Waals surface area contributed by atoms with Crippen molar-refractivity contribution in [2.75, 3.05) is 25.5 Å². The summed E-state index contributed by atoms with van der Waals surface area (Å²) in [4.78, 5) is 4.95. The Morgan fingerprint density at radius 1 is 1.03 bits per heavy atom. The molecular formula is C22H24ClN3O5. The Bertz CT molecular complexity index is 1260. The molecule has 0 saturated heterocycles. The molecular weight excluding hydrogens is 422 g/mol. The topological polar surface area (TPSA) is 133 Å². The molecule has 0 unspecified atom stereocenters. The average Bonchev–Trinajstić information content (AvgIpc) is 2.71. The summed E-state index contributed by atoms with van der Waals surface area (Å²) in [5.74, 6) is 0.816. The molecule has 1 N–H and O–H groups in total. The maximum absolute atomic E-state index is 8.49. The van der Waals surface area contributed by atoms with E-state index in [1.165, 1.54) is 16.3 Å². The maximum Gasteiger partial charge on any atom is 0.206 e. The lowest BCUT2D eigenvalue weighted by atomic mass is 10.1. The van der Waals surface area contributed by atoms with Crippen LogP contribution in [0.4, 0.5) is 5.69 Å². The summed E-state index contributed by atoms with van der Waals surface area (Å²) in [5, 5.41) is 6.90. The van der Waals surface area contributed by atoms with Crippen LogP contribution in [0.1, 0.15) is 19.4 Å². The SMILES string of the molecule is CCNc1cc2oc3cc(=[N+](C)CC)c(C)cc-3nc2c2ccccc12.[O-][Cl+3]([O-])([O-])[O-]. The van der Waals surface area contributed by atoms with Crippen molar-refractivity contribution in [3.8, 4) is 11.5 Å². The van der Waals surface area contributed by atoms with Crippen LogP contribution in [0.2, 0.25) is 0 Å². The Labute approximate surface area is 181 Å². The number of hydrogen-bond acceptors (Lipinski definition) is 7. The normalized spacial score (nSPS) is 12.6. The molecule has 0 bridgehead atoms. The minimum atomic E-state index is -4.94. The molecule has 2 aliphatic rings. The van der Waals surface area contributed by atoms with E-state index in [-0.39, 0.29) is 0 Å². The third kappa shape index (κ3) is 5.30. The largest absolute Gasteiger partial charge is 0.452 e. The van der Waals surface area contributed by atoms with E-state index in [0.717, 1.165) is 46.7 Å². The molecule has 0 radical (unpaired) electrons. The molecule has 4 rings (SSSR count). The van der Waals surface area contributed by atoms with Gasteiger partial charge in [0.25, 0.3) is 0 Å². The monoisotopic (exact) mass is 445 g/mol. The molecule has 9 heteroatoms. The Morgan fingerprint density at radius 3 is 2.29 bits per heavy atom. The summed E-state index contributed by atoms with van der Waals surface area (Å²) in [5.41, 5.74) is 4.90. The average molecular weight is 446 g/mol. The number of rotatable bonds is 3. The molecule has 0 fully saturated rings. The molecule has 0 saturated carbocycles. The van der Waals surface area contributed by atoms with Crippen molar-refractivity contribution in [3.05, 3.63) is 53.4 Å². The first-order valence-electron chi connectivity index (χ1n) is 9.79. The number of aromatic nitrogens is 1. The lowest BCUT2D eigenvalue weighted by molar-refractivity contribution is -2.00. The summed E-state index contributed by atoms with van der Waals surface area (Å²) >= 11 is 0. The zero-order chi connectivity index (χ0) is 22.8. The summed E-state index contributed by atoms with van der Waals surface area (Å²) in [7, 11) is -2.85. The summed E-state index contributed by atoms with van der Waals surface area (Å²) in [6, 6.07) is 14.6. The quantitative estimate of drug-likeness (QED) is 0.255. The van der Waals surface area contributed by atoms with Crippen molar-refractivity contribution >= 4 is 27.6 Å². The Kier molecular flexibility index (Phi) is 6.78. The van der Waals surface area contributed by atoms with Gasteiger partial charge in [-0.25, -0.2) is 28.2 Å². The third-order valence-corrected chi connectivity index (χ3v) is 4.96. The van der Waals surface area contributed by atoms with Gasteiger partial charge in [0.1, 0.15) is 24.8 Å². The van der Waals surface area contributed by atoms with Crippen molar-refractivity contribution in [1.29, 1.82) is 0 Å². The van der Waals surface area contributed by atoms with Gasteiger partial charge >= 0.3 is 0 Å². The van der Waals surface area contributed by atoms with Crippen molar-refractivity contribution in [2.24, 2.45) is 0 Å². The maximum atomic E-state index is 8.49. The number of benzene rings is 3. The number of anilines is 1. The fourth-order valence-electron chi connectivity index (χ4n) is 3.52. The number of halogens is 1. The van der Waals surface area contributed by atoms with Gasteiger partial charge in [0.2, 0.25) is 5.36 Å². The zero-order valence-corrected chi connectivity index (χ0v) is 18.5. The van der Waals surface area contributed by atoms with Crippen LogP contribution in [-0.4, -0.2) is 25.1 Å². The minimum Gasteiger partial charge on any atom is -0.452 e. The molecule has 0 spiro atoms. The Morgan fingerprint density at radius 2 is 1.68 bits per heavy atom. The van der Waals surface area contributed by atoms with Gasteiger partial charge in [0.05, 0.1) is 6.07 Å². The van der Waals surface area contributed by atoms with E-state index in [1.54, 1.807) is 0 Å². The number of nitrogens with one attached hydrogen (secondary N) is 1. The van der Waals surface area contributed by atoms with Crippen LogP contribution < -0.4 is 33.9 Å². The standard InChI is InChI=1S/C22H23N3O.ClHO4/c1-5-23-17-12-21-22(16-10-8-7-9-15(16)17)24-18-11-14(3)19(25(4)6-2)13-20(18)26-21;2-1(3,4)5/h7-13H,5-6H2,1-4H3;(H,2,3,4,5). The molecule has 164 valence electrons. The number of hydrogen-bond donors (Lipinski definition) is 1. The summed E-state index contributed by atoms with van der Waals surface area (Å²) in [6.45, 7) is 8.18. The molecule has 0 aromatic heterocycles. The molecule has 2 aromatic carbocycles. The van der Waals surface area contributed by atoms with Gasteiger partial charge in [-0.05, 0) is 26.8 Å². The number of nitrogens with zero attached hydrogens (tertiary/aromatic N) is 2. The van der Waals surface area contributed by atoms with Crippen LogP contribution in [-0.2, 0) is 0 Å². The van der Waals surface area contributed by atoms with Crippen LogP contribution in [0.3, 0.4) is 0 Å². The highest BCUT2D eigenvalue weighted by Gasteiger charge is 2.16. The lowest BCUT2D eigenvalue weighted by Crippen LogP contribution is -2.68. The smallest absolute Gasteiger partial charge is 0.206 e. The molecule has 0 atom stereocenters. The fraction of sp³-hybridized carbons (Fsp3) is 0.273. The van der Waals surface area contributed by atoms with E-state index in [1.807, 2.05) is 6.07 Å². The van der Waals surface area contributed by atoms with Crippen molar-refractivity contribution in [3.63, 3.8) is 0 Å². The van der Waals surface area contributed by atoms with Crippen LogP contribution in [0.25, 0.3) is 33.3 Å². The molecule has 31 heavy (non-hydrogen) atoms. The van der Waals surface area contributed by atoms with Gasteiger partial charge in [-0.2, -0.15) is 0 Å². The highest BCUT2D eigenvalue weighted by molar-refractivity contribution is 6.10. The van der Waals surface area contributed by atoms with Crippen molar-refractivity contribution in [1.82, 2.24) is 9.56 Å². The van der Waals surface area contributed by atoms with Gasteiger partial charge in [0.15, 0.2) is 11.3 Å². The molecule has 8 nitrogen and oxygen atoms in total.